The zero-order chi connectivity index (χ0) is 14.1. The maximum atomic E-state index is 12.7. The SMILES string of the molecule is Cc1ccc2cccc(C(=O)N(C)C3CCNC3)c2n1. The van der Waals surface area contributed by atoms with Gasteiger partial charge in [0.05, 0.1) is 11.1 Å². The third-order valence-electron chi connectivity index (χ3n) is 3.99. The fourth-order valence-corrected chi connectivity index (χ4v) is 2.74. The molecular formula is C16H19N3O. The Kier molecular flexibility index (Phi) is 3.40. The molecule has 1 aromatic heterocycles. The summed E-state index contributed by atoms with van der Waals surface area (Å²) in [5, 5.41) is 4.31. The van der Waals surface area contributed by atoms with E-state index in [2.05, 4.69) is 10.3 Å². The van der Waals surface area contributed by atoms with Crippen molar-refractivity contribution in [2.75, 3.05) is 20.1 Å². The molecule has 2 heterocycles. The van der Waals surface area contributed by atoms with Gasteiger partial charge in [0.15, 0.2) is 0 Å². The summed E-state index contributed by atoms with van der Waals surface area (Å²) in [5.74, 6) is 0.0578. The van der Waals surface area contributed by atoms with Crippen molar-refractivity contribution in [3.8, 4) is 0 Å². The summed E-state index contributed by atoms with van der Waals surface area (Å²) in [5.41, 5.74) is 2.43. The van der Waals surface area contributed by atoms with Crippen molar-refractivity contribution >= 4 is 16.8 Å². The minimum absolute atomic E-state index is 0.0578. The number of nitrogens with zero attached hydrogens (tertiary/aromatic N) is 2. The van der Waals surface area contributed by atoms with Crippen LogP contribution in [0.1, 0.15) is 22.5 Å². The van der Waals surface area contributed by atoms with E-state index in [0.29, 0.717) is 5.56 Å². The summed E-state index contributed by atoms with van der Waals surface area (Å²) in [6, 6.07) is 10.1. The molecule has 1 unspecified atom stereocenters. The Morgan fingerprint density at radius 1 is 1.35 bits per heavy atom. The maximum Gasteiger partial charge on any atom is 0.256 e. The van der Waals surface area contributed by atoms with E-state index >= 15 is 0 Å². The van der Waals surface area contributed by atoms with Crippen molar-refractivity contribution in [1.29, 1.82) is 0 Å². The highest BCUT2D eigenvalue weighted by atomic mass is 16.2. The molecule has 1 saturated heterocycles. The number of aryl methyl sites for hydroxylation is 1. The number of rotatable bonds is 2. The monoisotopic (exact) mass is 269 g/mol. The number of likely N-dealkylation sites (N-methyl/N-ethyl adjacent to an activating group) is 1. The van der Waals surface area contributed by atoms with Gasteiger partial charge in [0.1, 0.15) is 0 Å². The largest absolute Gasteiger partial charge is 0.337 e. The molecule has 1 aliphatic heterocycles. The molecule has 1 N–H and O–H groups in total. The number of nitrogens with one attached hydrogen (secondary N) is 1. The van der Waals surface area contributed by atoms with Gasteiger partial charge in [-0.25, -0.2) is 0 Å². The number of carbonyl (C=O) groups excluding carboxylic acids is 1. The summed E-state index contributed by atoms with van der Waals surface area (Å²) in [7, 11) is 1.88. The van der Waals surface area contributed by atoms with E-state index < -0.39 is 0 Å². The first-order chi connectivity index (χ1) is 9.66. The van der Waals surface area contributed by atoms with Gasteiger partial charge >= 0.3 is 0 Å². The molecule has 4 nitrogen and oxygen atoms in total. The summed E-state index contributed by atoms with van der Waals surface area (Å²) < 4.78 is 0. The van der Waals surface area contributed by atoms with E-state index in [0.717, 1.165) is 36.1 Å². The van der Waals surface area contributed by atoms with Crippen LogP contribution < -0.4 is 5.32 Å². The van der Waals surface area contributed by atoms with E-state index in [-0.39, 0.29) is 11.9 Å². The van der Waals surface area contributed by atoms with E-state index in [4.69, 9.17) is 0 Å². The van der Waals surface area contributed by atoms with Gasteiger partial charge in [-0.3, -0.25) is 9.78 Å². The number of fused-ring (bicyclic) bond motifs is 1. The zero-order valence-corrected chi connectivity index (χ0v) is 11.9. The standard InChI is InChI=1S/C16H19N3O/c1-11-6-7-12-4-3-5-14(15(12)18-11)16(20)19(2)13-8-9-17-10-13/h3-7,13,17H,8-10H2,1-2H3. The molecule has 1 atom stereocenters. The van der Waals surface area contributed by atoms with Crippen LogP contribution in [0.5, 0.6) is 0 Å². The summed E-state index contributed by atoms with van der Waals surface area (Å²) in [6.07, 6.45) is 1.01. The lowest BCUT2D eigenvalue weighted by molar-refractivity contribution is 0.0745. The van der Waals surface area contributed by atoms with Gasteiger partial charge in [0.2, 0.25) is 0 Å². The highest BCUT2D eigenvalue weighted by Crippen LogP contribution is 2.20. The van der Waals surface area contributed by atoms with Crippen LogP contribution in [-0.2, 0) is 0 Å². The van der Waals surface area contributed by atoms with Crippen LogP contribution in [0.25, 0.3) is 10.9 Å². The van der Waals surface area contributed by atoms with Crippen molar-refractivity contribution in [3.05, 3.63) is 41.6 Å². The Morgan fingerprint density at radius 3 is 2.95 bits per heavy atom. The Bertz CT molecular complexity index is 647. The molecule has 2 aromatic rings. The molecule has 20 heavy (non-hydrogen) atoms. The lowest BCUT2D eigenvalue weighted by atomic mass is 10.1. The van der Waals surface area contributed by atoms with E-state index in [1.165, 1.54) is 0 Å². The average Bonchev–Trinajstić information content (AvgIpc) is 2.99. The molecule has 0 spiro atoms. The first-order valence-electron chi connectivity index (χ1n) is 7.01. The number of para-hydroxylation sites is 1. The quantitative estimate of drug-likeness (QED) is 0.906. The van der Waals surface area contributed by atoms with Crippen LogP contribution in [0.15, 0.2) is 30.3 Å². The molecule has 104 valence electrons. The van der Waals surface area contributed by atoms with Gasteiger partial charge in [-0.2, -0.15) is 0 Å². The Labute approximate surface area is 118 Å². The molecule has 1 aromatic carbocycles. The summed E-state index contributed by atoms with van der Waals surface area (Å²) >= 11 is 0. The van der Waals surface area contributed by atoms with Crippen molar-refractivity contribution < 1.29 is 4.79 Å². The van der Waals surface area contributed by atoms with Crippen LogP contribution in [0.4, 0.5) is 0 Å². The Morgan fingerprint density at radius 2 is 2.20 bits per heavy atom. The predicted octanol–water partition coefficient (Wildman–Crippen LogP) is 1.98. The number of carbonyl (C=O) groups is 1. The average molecular weight is 269 g/mol. The molecule has 1 aliphatic rings. The van der Waals surface area contributed by atoms with Gasteiger partial charge in [-0.1, -0.05) is 18.2 Å². The molecule has 1 amide bonds. The minimum atomic E-state index is 0.0578. The smallest absolute Gasteiger partial charge is 0.256 e. The second-order valence-corrected chi connectivity index (χ2v) is 5.39. The van der Waals surface area contributed by atoms with Crippen molar-refractivity contribution in [3.63, 3.8) is 0 Å². The number of aromatic nitrogens is 1. The topological polar surface area (TPSA) is 45.2 Å². The van der Waals surface area contributed by atoms with Crippen LogP contribution in [0.2, 0.25) is 0 Å². The molecule has 0 radical (unpaired) electrons. The Hall–Kier alpha value is -1.94. The molecule has 0 bridgehead atoms. The zero-order valence-electron chi connectivity index (χ0n) is 11.9. The molecule has 0 aliphatic carbocycles. The van der Waals surface area contributed by atoms with Crippen LogP contribution >= 0.6 is 0 Å². The normalized spacial score (nSPS) is 18.4. The van der Waals surface area contributed by atoms with Crippen molar-refractivity contribution in [1.82, 2.24) is 15.2 Å². The van der Waals surface area contributed by atoms with Gasteiger partial charge in [0, 0.05) is 30.7 Å². The highest BCUT2D eigenvalue weighted by Gasteiger charge is 2.25. The maximum absolute atomic E-state index is 12.7. The number of hydrogen-bond donors (Lipinski definition) is 1. The fraction of sp³-hybridized carbons (Fsp3) is 0.375. The van der Waals surface area contributed by atoms with E-state index in [1.807, 2.05) is 49.2 Å². The second kappa shape index (κ2) is 5.21. The van der Waals surface area contributed by atoms with Gasteiger partial charge in [0.25, 0.3) is 5.91 Å². The molecule has 4 heteroatoms. The van der Waals surface area contributed by atoms with Crippen LogP contribution in [0, 0.1) is 6.92 Å². The fourth-order valence-electron chi connectivity index (χ4n) is 2.74. The lowest BCUT2D eigenvalue weighted by Gasteiger charge is -2.24. The molecule has 3 rings (SSSR count). The molecule has 0 saturated carbocycles. The molecule has 1 fully saturated rings. The Balaban J connectivity index is 2.00. The summed E-state index contributed by atoms with van der Waals surface area (Å²) in [6.45, 7) is 3.81. The van der Waals surface area contributed by atoms with Crippen molar-refractivity contribution in [2.45, 2.75) is 19.4 Å². The number of pyridine rings is 1. The molecular weight excluding hydrogens is 250 g/mol. The van der Waals surface area contributed by atoms with E-state index in [9.17, 15) is 4.79 Å². The predicted molar refractivity (Wildman–Crippen MR) is 79.8 cm³/mol. The summed E-state index contributed by atoms with van der Waals surface area (Å²) in [4.78, 5) is 19.1. The van der Waals surface area contributed by atoms with Crippen LogP contribution in [-0.4, -0.2) is 42.0 Å². The third-order valence-corrected chi connectivity index (χ3v) is 3.99. The third kappa shape index (κ3) is 2.27. The first kappa shape index (κ1) is 13.1. The van der Waals surface area contributed by atoms with E-state index in [1.54, 1.807) is 0 Å². The van der Waals surface area contributed by atoms with Gasteiger partial charge in [-0.05, 0) is 32.0 Å². The lowest BCUT2D eigenvalue weighted by Crippen LogP contribution is -2.38. The minimum Gasteiger partial charge on any atom is -0.337 e. The first-order valence-corrected chi connectivity index (χ1v) is 7.01. The van der Waals surface area contributed by atoms with Crippen LogP contribution in [0.3, 0.4) is 0 Å². The van der Waals surface area contributed by atoms with Gasteiger partial charge in [-0.15, -0.1) is 0 Å². The van der Waals surface area contributed by atoms with Gasteiger partial charge < -0.3 is 10.2 Å². The second-order valence-electron chi connectivity index (χ2n) is 5.39. The van der Waals surface area contributed by atoms with Crippen molar-refractivity contribution in [2.24, 2.45) is 0 Å². The highest BCUT2D eigenvalue weighted by molar-refractivity contribution is 6.05. The number of hydrogen-bond acceptors (Lipinski definition) is 3. The number of benzene rings is 1. The number of amides is 1.